The van der Waals surface area contributed by atoms with Crippen LogP contribution in [0.5, 0.6) is 0 Å². The lowest BCUT2D eigenvalue weighted by molar-refractivity contribution is -0.123. The summed E-state index contributed by atoms with van der Waals surface area (Å²) in [6, 6.07) is -0.0854. The fourth-order valence-electron chi connectivity index (χ4n) is 1.32. The molecule has 1 atom stereocenters. The first-order valence-electron chi connectivity index (χ1n) is 4.60. The molecule has 1 rings (SSSR count). The number of nitrogens with zero attached hydrogens (tertiary/aromatic N) is 1. The smallest absolute Gasteiger partial charge is 0.241 e. The van der Waals surface area contributed by atoms with Gasteiger partial charge in [0.15, 0.2) is 0 Å². The molecule has 0 aliphatic carbocycles. The molecule has 4 nitrogen and oxygen atoms in total. The van der Waals surface area contributed by atoms with E-state index in [0.717, 1.165) is 13.0 Å². The molecule has 0 radical (unpaired) electrons. The highest BCUT2D eigenvalue weighted by atomic mass is 16.2. The Labute approximate surface area is 78.8 Å². The molecule has 1 amide bonds. The molecule has 13 heavy (non-hydrogen) atoms. The predicted octanol–water partition coefficient (Wildman–Crippen LogP) is -0.678. The number of hydrogen-bond acceptors (Lipinski definition) is 3. The molecule has 1 aliphatic rings. The van der Waals surface area contributed by atoms with Crippen LogP contribution in [-0.2, 0) is 4.79 Å². The summed E-state index contributed by atoms with van der Waals surface area (Å²) >= 11 is 0. The number of rotatable bonds is 4. The van der Waals surface area contributed by atoms with Crippen LogP contribution in [-0.4, -0.2) is 43.5 Å². The monoisotopic (exact) mass is 183 g/mol. The summed E-state index contributed by atoms with van der Waals surface area (Å²) in [5.41, 5.74) is 5.32. The van der Waals surface area contributed by atoms with E-state index in [-0.39, 0.29) is 11.9 Å². The van der Waals surface area contributed by atoms with Crippen molar-refractivity contribution in [3.63, 3.8) is 0 Å². The molecule has 3 N–H and O–H groups in total. The average Bonchev–Trinajstić information content (AvgIpc) is 2.52. The lowest BCUT2D eigenvalue weighted by Gasteiger charge is -2.18. The molecular formula is C9H17N3O. The van der Waals surface area contributed by atoms with E-state index in [1.807, 2.05) is 24.1 Å². The van der Waals surface area contributed by atoms with Crippen molar-refractivity contribution in [2.45, 2.75) is 12.5 Å². The van der Waals surface area contributed by atoms with E-state index in [2.05, 4.69) is 5.32 Å². The zero-order valence-electron chi connectivity index (χ0n) is 7.99. The molecule has 1 aliphatic heterocycles. The van der Waals surface area contributed by atoms with E-state index >= 15 is 0 Å². The Bertz CT molecular complexity index is 203. The molecule has 0 aromatic rings. The summed E-state index contributed by atoms with van der Waals surface area (Å²) in [7, 11) is 1.94. The second-order valence-electron chi connectivity index (χ2n) is 3.25. The van der Waals surface area contributed by atoms with Crippen molar-refractivity contribution in [3.05, 3.63) is 12.2 Å². The van der Waals surface area contributed by atoms with Crippen molar-refractivity contribution >= 4 is 5.91 Å². The Morgan fingerprint density at radius 2 is 2.54 bits per heavy atom. The summed E-state index contributed by atoms with van der Waals surface area (Å²) in [5, 5.41) is 2.84. The van der Waals surface area contributed by atoms with Crippen molar-refractivity contribution in [2.24, 2.45) is 5.73 Å². The van der Waals surface area contributed by atoms with Crippen LogP contribution in [0.3, 0.4) is 0 Å². The molecule has 0 fully saturated rings. The standard InChI is InChI=1S/C9H17N3O/c1-12-7-2-4-8(12)9(13)11-6-3-5-10/h2,4,8H,3,5-7,10H2,1H3,(H,11,13)/t8-/m0/s1. The van der Waals surface area contributed by atoms with Gasteiger partial charge in [0.1, 0.15) is 6.04 Å². The molecule has 0 aromatic carbocycles. The van der Waals surface area contributed by atoms with Crippen LogP contribution in [0, 0.1) is 0 Å². The number of hydrogen-bond donors (Lipinski definition) is 2. The van der Waals surface area contributed by atoms with Gasteiger partial charge in [-0.3, -0.25) is 9.69 Å². The minimum absolute atomic E-state index is 0.0738. The largest absolute Gasteiger partial charge is 0.354 e. The summed E-state index contributed by atoms with van der Waals surface area (Å²) < 4.78 is 0. The molecule has 0 unspecified atom stereocenters. The van der Waals surface area contributed by atoms with E-state index < -0.39 is 0 Å². The number of nitrogens with one attached hydrogen (secondary N) is 1. The van der Waals surface area contributed by atoms with Gasteiger partial charge in [-0.1, -0.05) is 12.2 Å². The van der Waals surface area contributed by atoms with Crippen molar-refractivity contribution in [2.75, 3.05) is 26.7 Å². The van der Waals surface area contributed by atoms with Crippen LogP contribution in [0.15, 0.2) is 12.2 Å². The van der Waals surface area contributed by atoms with Gasteiger partial charge in [-0.05, 0) is 20.0 Å². The van der Waals surface area contributed by atoms with Crippen molar-refractivity contribution in [1.82, 2.24) is 10.2 Å². The van der Waals surface area contributed by atoms with E-state index in [1.54, 1.807) is 0 Å². The van der Waals surface area contributed by atoms with Gasteiger partial charge in [0, 0.05) is 13.1 Å². The number of nitrogens with two attached hydrogens (primary N) is 1. The Morgan fingerprint density at radius 3 is 3.08 bits per heavy atom. The molecule has 0 bridgehead atoms. The molecule has 1 heterocycles. The fourth-order valence-corrected chi connectivity index (χ4v) is 1.32. The number of likely N-dealkylation sites (N-methyl/N-ethyl adjacent to an activating group) is 1. The highest BCUT2D eigenvalue weighted by Gasteiger charge is 2.22. The Morgan fingerprint density at radius 1 is 1.77 bits per heavy atom. The first kappa shape index (κ1) is 10.2. The second-order valence-corrected chi connectivity index (χ2v) is 3.25. The first-order valence-corrected chi connectivity index (χ1v) is 4.60. The third-order valence-electron chi connectivity index (χ3n) is 2.14. The highest BCUT2D eigenvalue weighted by molar-refractivity contribution is 5.84. The molecule has 74 valence electrons. The normalized spacial score (nSPS) is 22.2. The second kappa shape index (κ2) is 4.99. The van der Waals surface area contributed by atoms with Gasteiger partial charge in [-0.15, -0.1) is 0 Å². The van der Waals surface area contributed by atoms with E-state index in [9.17, 15) is 4.79 Å². The average molecular weight is 183 g/mol. The van der Waals surface area contributed by atoms with Crippen LogP contribution in [0.4, 0.5) is 0 Å². The van der Waals surface area contributed by atoms with Crippen molar-refractivity contribution in [1.29, 1.82) is 0 Å². The predicted molar refractivity (Wildman–Crippen MR) is 52.2 cm³/mol. The maximum atomic E-state index is 11.5. The number of carbonyl (C=O) groups is 1. The molecule has 0 spiro atoms. The zero-order chi connectivity index (χ0) is 9.68. The Hall–Kier alpha value is -0.870. The minimum Gasteiger partial charge on any atom is -0.354 e. The van der Waals surface area contributed by atoms with Gasteiger partial charge in [0.2, 0.25) is 5.91 Å². The summed E-state index contributed by atoms with van der Waals surface area (Å²) in [6.45, 7) is 2.15. The first-order chi connectivity index (χ1) is 6.25. The van der Waals surface area contributed by atoms with Gasteiger partial charge in [-0.2, -0.15) is 0 Å². The maximum Gasteiger partial charge on any atom is 0.241 e. The van der Waals surface area contributed by atoms with Crippen LogP contribution in [0.25, 0.3) is 0 Å². The van der Waals surface area contributed by atoms with Crippen LogP contribution in [0.2, 0.25) is 0 Å². The third-order valence-corrected chi connectivity index (χ3v) is 2.14. The van der Waals surface area contributed by atoms with E-state index in [4.69, 9.17) is 5.73 Å². The van der Waals surface area contributed by atoms with Gasteiger partial charge in [0.25, 0.3) is 0 Å². The molecule has 0 aromatic heterocycles. The van der Waals surface area contributed by atoms with Crippen LogP contribution < -0.4 is 11.1 Å². The molecular weight excluding hydrogens is 166 g/mol. The van der Waals surface area contributed by atoms with Crippen LogP contribution in [0.1, 0.15) is 6.42 Å². The molecule has 0 saturated carbocycles. The summed E-state index contributed by atoms with van der Waals surface area (Å²) in [6.07, 6.45) is 4.77. The molecule has 0 saturated heterocycles. The SMILES string of the molecule is CN1CC=C[C@H]1C(=O)NCCCN. The Kier molecular flexibility index (Phi) is 3.92. The summed E-state index contributed by atoms with van der Waals surface area (Å²) in [4.78, 5) is 13.5. The highest BCUT2D eigenvalue weighted by Crippen LogP contribution is 2.05. The quantitative estimate of drug-likeness (QED) is 0.448. The van der Waals surface area contributed by atoms with Gasteiger partial charge >= 0.3 is 0 Å². The van der Waals surface area contributed by atoms with Gasteiger partial charge in [0.05, 0.1) is 0 Å². The lowest BCUT2D eigenvalue weighted by atomic mass is 10.2. The fraction of sp³-hybridized carbons (Fsp3) is 0.667. The topological polar surface area (TPSA) is 58.4 Å². The van der Waals surface area contributed by atoms with E-state index in [1.165, 1.54) is 0 Å². The Balaban J connectivity index is 2.26. The van der Waals surface area contributed by atoms with Crippen molar-refractivity contribution in [3.8, 4) is 0 Å². The maximum absolute atomic E-state index is 11.5. The van der Waals surface area contributed by atoms with Crippen molar-refractivity contribution < 1.29 is 4.79 Å². The van der Waals surface area contributed by atoms with Gasteiger partial charge < -0.3 is 11.1 Å². The van der Waals surface area contributed by atoms with Gasteiger partial charge in [-0.25, -0.2) is 0 Å². The zero-order valence-corrected chi connectivity index (χ0v) is 7.99. The van der Waals surface area contributed by atoms with E-state index in [0.29, 0.717) is 13.1 Å². The minimum atomic E-state index is -0.0854. The third kappa shape index (κ3) is 2.82. The number of carbonyl (C=O) groups excluding carboxylic acids is 1. The summed E-state index contributed by atoms with van der Waals surface area (Å²) in [5.74, 6) is 0.0738. The lowest BCUT2D eigenvalue weighted by Crippen LogP contribution is -2.42. The van der Waals surface area contributed by atoms with Crippen LogP contribution >= 0.6 is 0 Å². The number of amides is 1. The molecule has 4 heteroatoms.